The Kier molecular flexibility index (Phi) is 4.50. The van der Waals surface area contributed by atoms with E-state index in [0.29, 0.717) is 0 Å². The van der Waals surface area contributed by atoms with Crippen LogP contribution in [0.3, 0.4) is 0 Å². The standard InChI is InChI=1S/C13H14BrFN2S/c1-8-2-5-13(18-8)12(17-16)6-9-3-4-10(15)7-11(9)14/h2-5,7,12,17H,6,16H2,1H3. The summed E-state index contributed by atoms with van der Waals surface area (Å²) in [6, 6.07) is 8.91. The lowest BCUT2D eigenvalue weighted by Gasteiger charge is -2.15. The number of nitrogens with two attached hydrogens (primary N) is 1. The molecular formula is C13H14BrFN2S. The molecule has 0 amide bonds. The van der Waals surface area contributed by atoms with Gasteiger partial charge in [0.2, 0.25) is 0 Å². The van der Waals surface area contributed by atoms with Gasteiger partial charge in [-0.3, -0.25) is 11.3 Å². The molecule has 2 rings (SSSR count). The Morgan fingerprint density at radius 3 is 2.72 bits per heavy atom. The van der Waals surface area contributed by atoms with Crippen LogP contribution < -0.4 is 11.3 Å². The molecule has 0 fully saturated rings. The highest BCUT2D eigenvalue weighted by atomic mass is 79.9. The smallest absolute Gasteiger partial charge is 0.124 e. The summed E-state index contributed by atoms with van der Waals surface area (Å²) in [6.45, 7) is 2.07. The van der Waals surface area contributed by atoms with E-state index < -0.39 is 0 Å². The van der Waals surface area contributed by atoms with Crippen LogP contribution in [0, 0.1) is 12.7 Å². The zero-order chi connectivity index (χ0) is 13.1. The van der Waals surface area contributed by atoms with Crippen LogP contribution in [0.15, 0.2) is 34.8 Å². The Balaban J connectivity index is 2.20. The van der Waals surface area contributed by atoms with E-state index in [2.05, 4.69) is 40.4 Å². The van der Waals surface area contributed by atoms with E-state index in [9.17, 15) is 4.39 Å². The van der Waals surface area contributed by atoms with E-state index in [1.165, 1.54) is 21.9 Å². The van der Waals surface area contributed by atoms with Gasteiger partial charge >= 0.3 is 0 Å². The number of aryl methyl sites for hydroxylation is 1. The van der Waals surface area contributed by atoms with Gasteiger partial charge in [-0.15, -0.1) is 11.3 Å². The molecule has 0 radical (unpaired) electrons. The van der Waals surface area contributed by atoms with Crippen LogP contribution in [-0.2, 0) is 6.42 Å². The van der Waals surface area contributed by atoms with Crippen molar-refractivity contribution in [1.29, 1.82) is 0 Å². The topological polar surface area (TPSA) is 38.0 Å². The van der Waals surface area contributed by atoms with Crippen molar-refractivity contribution in [2.45, 2.75) is 19.4 Å². The summed E-state index contributed by atoms with van der Waals surface area (Å²) in [5, 5.41) is 0. The first-order chi connectivity index (χ1) is 8.60. The Morgan fingerprint density at radius 1 is 1.39 bits per heavy atom. The van der Waals surface area contributed by atoms with Crippen LogP contribution in [0.25, 0.3) is 0 Å². The molecule has 0 bridgehead atoms. The Bertz CT molecular complexity index is 542. The molecule has 96 valence electrons. The Hall–Kier alpha value is -0.750. The number of thiophene rings is 1. The number of hydrogen-bond donors (Lipinski definition) is 2. The molecule has 1 unspecified atom stereocenters. The van der Waals surface area contributed by atoms with Crippen LogP contribution in [0.4, 0.5) is 4.39 Å². The summed E-state index contributed by atoms with van der Waals surface area (Å²) in [5.41, 5.74) is 3.85. The third kappa shape index (κ3) is 3.17. The zero-order valence-corrected chi connectivity index (χ0v) is 12.3. The molecule has 0 aliphatic carbocycles. The normalized spacial score (nSPS) is 12.7. The molecule has 18 heavy (non-hydrogen) atoms. The van der Waals surface area contributed by atoms with Gasteiger partial charge < -0.3 is 0 Å². The lowest BCUT2D eigenvalue weighted by Crippen LogP contribution is -2.29. The highest BCUT2D eigenvalue weighted by molar-refractivity contribution is 9.10. The van der Waals surface area contributed by atoms with E-state index in [-0.39, 0.29) is 11.9 Å². The molecule has 1 atom stereocenters. The maximum absolute atomic E-state index is 13.0. The number of nitrogens with one attached hydrogen (secondary N) is 1. The molecule has 0 saturated carbocycles. The zero-order valence-electron chi connectivity index (χ0n) is 9.91. The fourth-order valence-corrected chi connectivity index (χ4v) is 3.24. The minimum absolute atomic E-state index is 0.0467. The van der Waals surface area contributed by atoms with Crippen LogP contribution >= 0.6 is 27.3 Å². The highest BCUT2D eigenvalue weighted by Crippen LogP contribution is 2.28. The Labute approximate surface area is 118 Å². The van der Waals surface area contributed by atoms with E-state index in [4.69, 9.17) is 5.84 Å². The number of hydrazine groups is 1. The van der Waals surface area contributed by atoms with Crippen LogP contribution in [0.5, 0.6) is 0 Å². The lowest BCUT2D eigenvalue weighted by molar-refractivity contribution is 0.558. The summed E-state index contributed by atoms with van der Waals surface area (Å²) in [7, 11) is 0. The summed E-state index contributed by atoms with van der Waals surface area (Å²) in [5.74, 6) is 5.37. The van der Waals surface area contributed by atoms with Gasteiger partial charge in [-0.05, 0) is 43.2 Å². The van der Waals surface area contributed by atoms with E-state index in [1.54, 1.807) is 17.4 Å². The monoisotopic (exact) mass is 328 g/mol. The van der Waals surface area contributed by atoms with E-state index in [1.807, 2.05) is 0 Å². The molecular weight excluding hydrogens is 315 g/mol. The second kappa shape index (κ2) is 5.93. The average molecular weight is 329 g/mol. The maximum Gasteiger partial charge on any atom is 0.124 e. The van der Waals surface area contributed by atoms with Crippen LogP contribution in [0.1, 0.15) is 21.4 Å². The van der Waals surface area contributed by atoms with Crippen molar-refractivity contribution in [1.82, 2.24) is 5.43 Å². The number of hydrogen-bond acceptors (Lipinski definition) is 3. The predicted octanol–water partition coefficient (Wildman–Crippen LogP) is 3.71. The number of halogens is 2. The molecule has 5 heteroatoms. The summed E-state index contributed by atoms with van der Waals surface area (Å²) in [4.78, 5) is 2.44. The van der Waals surface area contributed by atoms with Gasteiger partial charge in [0.05, 0.1) is 6.04 Å². The van der Waals surface area contributed by atoms with Crippen molar-refractivity contribution in [3.63, 3.8) is 0 Å². The van der Waals surface area contributed by atoms with Gasteiger partial charge in [0.1, 0.15) is 5.82 Å². The first-order valence-electron chi connectivity index (χ1n) is 5.56. The van der Waals surface area contributed by atoms with Gasteiger partial charge in [-0.1, -0.05) is 22.0 Å². The van der Waals surface area contributed by atoms with Gasteiger partial charge in [0.15, 0.2) is 0 Å². The first-order valence-corrected chi connectivity index (χ1v) is 7.17. The molecule has 3 N–H and O–H groups in total. The second-order valence-electron chi connectivity index (χ2n) is 4.11. The third-order valence-corrected chi connectivity index (χ3v) is 4.60. The quantitative estimate of drug-likeness (QED) is 0.663. The molecule has 1 aromatic carbocycles. The summed E-state index contributed by atoms with van der Waals surface area (Å²) < 4.78 is 13.8. The summed E-state index contributed by atoms with van der Waals surface area (Å²) in [6.07, 6.45) is 0.720. The van der Waals surface area contributed by atoms with E-state index >= 15 is 0 Å². The van der Waals surface area contributed by atoms with Gasteiger partial charge in [0.25, 0.3) is 0 Å². The van der Waals surface area contributed by atoms with Crippen LogP contribution in [0.2, 0.25) is 0 Å². The molecule has 1 heterocycles. The maximum atomic E-state index is 13.0. The SMILES string of the molecule is Cc1ccc(C(Cc2ccc(F)cc2Br)NN)s1. The minimum Gasteiger partial charge on any atom is -0.271 e. The van der Waals surface area contributed by atoms with Gasteiger partial charge in [-0.2, -0.15) is 0 Å². The summed E-state index contributed by atoms with van der Waals surface area (Å²) >= 11 is 5.09. The van der Waals surface area contributed by atoms with Crippen molar-refractivity contribution < 1.29 is 4.39 Å². The van der Waals surface area contributed by atoms with Crippen molar-refractivity contribution in [3.05, 3.63) is 55.9 Å². The molecule has 2 aromatic rings. The first kappa shape index (κ1) is 13.7. The lowest BCUT2D eigenvalue weighted by atomic mass is 10.1. The van der Waals surface area contributed by atoms with Crippen molar-refractivity contribution in [2.75, 3.05) is 0 Å². The third-order valence-electron chi connectivity index (χ3n) is 2.74. The molecule has 2 nitrogen and oxygen atoms in total. The highest BCUT2D eigenvalue weighted by Gasteiger charge is 2.14. The largest absolute Gasteiger partial charge is 0.271 e. The molecule has 0 spiro atoms. The fourth-order valence-electron chi connectivity index (χ4n) is 1.79. The van der Waals surface area contributed by atoms with Crippen LogP contribution in [-0.4, -0.2) is 0 Å². The minimum atomic E-state index is -0.241. The fraction of sp³-hybridized carbons (Fsp3) is 0.231. The molecule has 1 aromatic heterocycles. The average Bonchev–Trinajstić information content (AvgIpc) is 2.75. The molecule has 0 saturated heterocycles. The molecule has 0 aliphatic rings. The van der Waals surface area contributed by atoms with Crippen molar-refractivity contribution >= 4 is 27.3 Å². The van der Waals surface area contributed by atoms with Gasteiger partial charge in [-0.25, -0.2) is 4.39 Å². The van der Waals surface area contributed by atoms with Crippen molar-refractivity contribution in [3.8, 4) is 0 Å². The van der Waals surface area contributed by atoms with Gasteiger partial charge in [0, 0.05) is 14.2 Å². The number of rotatable bonds is 4. The Morgan fingerprint density at radius 2 is 2.17 bits per heavy atom. The van der Waals surface area contributed by atoms with Crippen molar-refractivity contribution in [2.24, 2.45) is 5.84 Å². The molecule has 0 aliphatic heterocycles. The number of benzene rings is 1. The predicted molar refractivity (Wildman–Crippen MR) is 76.9 cm³/mol. The second-order valence-corrected chi connectivity index (χ2v) is 6.28. The van der Waals surface area contributed by atoms with E-state index in [0.717, 1.165) is 16.5 Å².